The molecule has 0 atom stereocenters. The minimum atomic E-state index is -4.02. The standard InChI is InChI=1S/C11H16F2N2O3S/c1-14-7-8-9(12)3-4-10(11(8)13)19(16,17)15-5-6-18-2/h3-4,14-15H,5-7H2,1-2H3. The van der Waals surface area contributed by atoms with Crippen LogP contribution in [-0.2, 0) is 21.3 Å². The van der Waals surface area contributed by atoms with E-state index in [0.29, 0.717) is 0 Å². The predicted octanol–water partition coefficient (Wildman–Crippen LogP) is 0.609. The molecule has 0 aromatic heterocycles. The third kappa shape index (κ3) is 3.93. The Balaban J connectivity index is 3.10. The van der Waals surface area contributed by atoms with E-state index in [9.17, 15) is 17.2 Å². The lowest BCUT2D eigenvalue weighted by Gasteiger charge is -2.11. The molecule has 0 unspecified atom stereocenters. The zero-order chi connectivity index (χ0) is 14.5. The van der Waals surface area contributed by atoms with Crippen molar-refractivity contribution in [3.63, 3.8) is 0 Å². The molecule has 1 aromatic carbocycles. The van der Waals surface area contributed by atoms with Crippen molar-refractivity contribution < 1.29 is 21.9 Å². The molecule has 0 spiro atoms. The highest BCUT2D eigenvalue weighted by molar-refractivity contribution is 7.89. The first kappa shape index (κ1) is 16.0. The largest absolute Gasteiger partial charge is 0.383 e. The lowest BCUT2D eigenvalue weighted by Crippen LogP contribution is -2.28. The van der Waals surface area contributed by atoms with Gasteiger partial charge in [0.2, 0.25) is 10.0 Å². The Bertz CT molecular complexity index is 535. The summed E-state index contributed by atoms with van der Waals surface area (Å²) in [5.74, 6) is -1.87. The van der Waals surface area contributed by atoms with Crippen LogP contribution in [0.25, 0.3) is 0 Å². The van der Waals surface area contributed by atoms with Crippen LogP contribution in [0.1, 0.15) is 5.56 Å². The second-order valence-electron chi connectivity index (χ2n) is 3.76. The van der Waals surface area contributed by atoms with Crippen LogP contribution in [0.15, 0.2) is 17.0 Å². The summed E-state index contributed by atoms with van der Waals surface area (Å²) in [4.78, 5) is -0.574. The SMILES string of the molecule is CNCc1c(F)ccc(S(=O)(=O)NCCOC)c1F. The van der Waals surface area contributed by atoms with Crippen LogP contribution in [-0.4, -0.2) is 35.7 Å². The molecular weight excluding hydrogens is 278 g/mol. The summed E-state index contributed by atoms with van der Waals surface area (Å²) in [6.45, 7) is 0.0710. The van der Waals surface area contributed by atoms with Gasteiger partial charge in [0.1, 0.15) is 10.7 Å². The Morgan fingerprint density at radius 1 is 1.32 bits per heavy atom. The van der Waals surface area contributed by atoms with Crippen molar-refractivity contribution in [3.05, 3.63) is 29.3 Å². The normalized spacial score (nSPS) is 11.8. The maximum absolute atomic E-state index is 14.0. The molecule has 108 valence electrons. The first-order valence-corrected chi connectivity index (χ1v) is 7.02. The average molecular weight is 294 g/mol. The maximum Gasteiger partial charge on any atom is 0.243 e. The summed E-state index contributed by atoms with van der Waals surface area (Å²) >= 11 is 0. The van der Waals surface area contributed by atoms with Crippen LogP contribution < -0.4 is 10.0 Å². The van der Waals surface area contributed by atoms with Crippen molar-refractivity contribution in [2.24, 2.45) is 0 Å². The van der Waals surface area contributed by atoms with E-state index >= 15 is 0 Å². The number of halogens is 2. The zero-order valence-electron chi connectivity index (χ0n) is 10.7. The highest BCUT2D eigenvalue weighted by Gasteiger charge is 2.22. The van der Waals surface area contributed by atoms with Crippen molar-refractivity contribution in [3.8, 4) is 0 Å². The van der Waals surface area contributed by atoms with Crippen molar-refractivity contribution in [2.45, 2.75) is 11.4 Å². The fourth-order valence-electron chi connectivity index (χ4n) is 1.48. The van der Waals surface area contributed by atoms with Gasteiger partial charge in [-0.15, -0.1) is 0 Å². The molecule has 0 heterocycles. The second kappa shape index (κ2) is 6.90. The highest BCUT2D eigenvalue weighted by atomic mass is 32.2. The van der Waals surface area contributed by atoms with Crippen LogP contribution in [0.4, 0.5) is 8.78 Å². The van der Waals surface area contributed by atoms with E-state index in [2.05, 4.69) is 10.0 Å². The van der Waals surface area contributed by atoms with Crippen LogP contribution in [0.2, 0.25) is 0 Å². The minimum Gasteiger partial charge on any atom is -0.383 e. The van der Waals surface area contributed by atoms with Gasteiger partial charge in [0.05, 0.1) is 6.61 Å². The Morgan fingerprint density at radius 3 is 2.58 bits per heavy atom. The van der Waals surface area contributed by atoms with Gasteiger partial charge in [0.15, 0.2) is 5.82 Å². The number of hydrogen-bond acceptors (Lipinski definition) is 4. The van der Waals surface area contributed by atoms with Crippen molar-refractivity contribution in [2.75, 3.05) is 27.3 Å². The van der Waals surface area contributed by atoms with Gasteiger partial charge in [-0.2, -0.15) is 0 Å². The fourth-order valence-corrected chi connectivity index (χ4v) is 2.59. The van der Waals surface area contributed by atoms with Gasteiger partial charge in [0, 0.05) is 25.8 Å². The number of sulfonamides is 1. The van der Waals surface area contributed by atoms with Crippen LogP contribution in [0, 0.1) is 11.6 Å². The number of ether oxygens (including phenoxy) is 1. The number of rotatable bonds is 7. The third-order valence-corrected chi connectivity index (χ3v) is 3.87. The molecule has 0 bridgehead atoms. The van der Waals surface area contributed by atoms with E-state index < -0.39 is 26.6 Å². The van der Waals surface area contributed by atoms with Gasteiger partial charge in [-0.3, -0.25) is 0 Å². The lowest BCUT2D eigenvalue weighted by atomic mass is 10.2. The van der Waals surface area contributed by atoms with Gasteiger partial charge >= 0.3 is 0 Å². The van der Waals surface area contributed by atoms with Crippen molar-refractivity contribution in [1.82, 2.24) is 10.0 Å². The molecule has 19 heavy (non-hydrogen) atoms. The minimum absolute atomic E-state index is 0.0109. The highest BCUT2D eigenvalue weighted by Crippen LogP contribution is 2.20. The molecule has 1 aromatic rings. The Labute approximate surface area is 111 Å². The quantitative estimate of drug-likeness (QED) is 0.723. The molecule has 0 amide bonds. The molecule has 0 saturated carbocycles. The van der Waals surface area contributed by atoms with Crippen molar-refractivity contribution in [1.29, 1.82) is 0 Å². The first-order chi connectivity index (χ1) is 8.94. The Kier molecular flexibility index (Phi) is 5.80. The number of methoxy groups -OCH3 is 1. The lowest BCUT2D eigenvalue weighted by molar-refractivity contribution is 0.204. The van der Waals surface area contributed by atoms with E-state index in [1.807, 2.05) is 0 Å². The smallest absolute Gasteiger partial charge is 0.243 e. The number of benzene rings is 1. The molecular formula is C11H16F2N2O3S. The molecule has 0 aliphatic heterocycles. The molecule has 8 heteroatoms. The van der Waals surface area contributed by atoms with Gasteiger partial charge < -0.3 is 10.1 Å². The van der Waals surface area contributed by atoms with Crippen LogP contribution in [0.3, 0.4) is 0 Å². The zero-order valence-corrected chi connectivity index (χ0v) is 11.5. The maximum atomic E-state index is 14.0. The van der Waals surface area contributed by atoms with E-state index in [4.69, 9.17) is 4.74 Å². The van der Waals surface area contributed by atoms with Gasteiger partial charge in [0.25, 0.3) is 0 Å². The fraction of sp³-hybridized carbons (Fsp3) is 0.455. The van der Waals surface area contributed by atoms with Crippen LogP contribution in [0.5, 0.6) is 0 Å². The predicted molar refractivity (Wildman–Crippen MR) is 66.2 cm³/mol. The monoisotopic (exact) mass is 294 g/mol. The van der Waals surface area contributed by atoms with E-state index in [0.717, 1.165) is 12.1 Å². The summed E-state index contributed by atoms with van der Waals surface area (Å²) in [6.07, 6.45) is 0. The molecule has 5 nitrogen and oxygen atoms in total. The second-order valence-corrected chi connectivity index (χ2v) is 5.49. The molecule has 0 aliphatic rings. The first-order valence-electron chi connectivity index (χ1n) is 5.54. The molecule has 0 fully saturated rings. The summed E-state index contributed by atoms with van der Waals surface area (Å²) in [5.41, 5.74) is -0.308. The third-order valence-electron chi connectivity index (χ3n) is 2.39. The van der Waals surface area contributed by atoms with E-state index in [1.165, 1.54) is 14.2 Å². The van der Waals surface area contributed by atoms with E-state index in [1.54, 1.807) is 0 Å². The van der Waals surface area contributed by atoms with E-state index in [-0.39, 0.29) is 25.3 Å². The Hall–Kier alpha value is -1.09. The Morgan fingerprint density at radius 2 is 2.00 bits per heavy atom. The summed E-state index contributed by atoms with van der Waals surface area (Å²) < 4.78 is 57.9. The molecule has 0 saturated heterocycles. The van der Waals surface area contributed by atoms with Gasteiger partial charge in [-0.25, -0.2) is 21.9 Å². The number of nitrogens with one attached hydrogen (secondary N) is 2. The molecule has 0 radical (unpaired) electrons. The summed E-state index contributed by atoms with van der Waals surface area (Å²) in [6, 6.07) is 1.83. The topological polar surface area (TPSA) is 67.4 Å². The molecule has 2 N–H and O–H groups in total. The number of hydrogen-bond donors (Lipinski definition) is 2. The van der Waals surface area contributed by atoms with Gasteiger partial charge in [-0.1, -0.05) is 0 Å². The molecule has 1 rings (SSSR count). The van der Waals surface area contributed by atoms with Crippen LogP contribution >= 0.6 is 0 Å². The van der Waals surface area contributed by atoms with Gasteiger partial charge in [-0.05, 0) is 19.2 Å². The summed E-state index contributed by atoms with van der Waals surface area (Å²) in [5, 5.41) is 2.58. The van der Waals surface area contributed by atoms with Crippen molar-refractivity contribution >= 4 is 10.0 Å². The summed E-state index contributed by atoms with van der Waals surface area (Å²) in [7, 11) is -1.09. The average Bonchev–Trinajstić information content (AvgIpc) is 2.34. The molecule has 0 aliphatic carbocycles.